The molecule has 2 aliphatic rings. The van der Waals surface area contributed by atoms with Crippen molar-refractivity contribution in [3.05, 3.63) is 109 Å². The minimum atomic E-state index is -0.756. The van der Waals surface area contributed by atoms with Gasteiger partial charge in [0.2, 0.25) is 0 Å². The van der Waals surface area contributed by atoms with Gasteiger partial charge in [0.1, 0.15) is 11.5 Å². The highest BCUT2D eigenvalue weighted by molar-refractivity contribution is 7.07. The first-order valence-electron chi connectivity index (χ1n) is 14.0. The number of anilines is 1. The van der Waals surface area contributed by atoms with Crippen molar-refractivity contribution in [1.82, 2.24) is 4.57 Å². The summed E-state index contributed by atoms with van der Waals surface area (Å²) in [6, 6.07) is 19.9. The van der Waals surface area contributed by atoms with Gasteiger partial charge < -0.3 is 23.5 Å². The Labute approximate surface area is 246 Å². The molecule has 9 nitrogen and oxygen atoms in total. The molecule has 2 aromatic carbocycles. The lowest BCUT2D eigenvalue weighted by Gasteiger charge is -2.26. The molecule has 216 valence electrons. The van der Waals surface area contributed by atoms with Crippen molar-refractivity contribution >= 4 is 35.0 Å². The summed E-state index contributed by atoms with van der Waals surface area (Å²) >= 11 is 1.26. The second kappa shape index (κ2) is 12.2. The highest BCUT2D eigenvalue weighted by atomic mass is 32.1. The first-order valence-corrected chi connectivity index (χ1v) is 14.8. The Morgan fingerprint density at radius 2 is 1.79 bits per heavy atom. The van der Waals surface area contributed by atoms with E-state index in [1.807, 2.05) is 73.7 Å². The molecule has 4 heterocycles. The molecule has 1 atom stereocenters. The number of carbonyl (C=O) groups excluding carboxylic acids is 1. The van der Waals surface area contributed by atoms with E-state index in [-0.39, 0.29) is 12.2 Å². The lowest BCUT2D eigenvalue weighted by molar-refractivity contribution is -0.138. The van der Waals surface area contributed by atoms with E-state index in [0.717, 1.165) is 30.1 Å². The Morgan fingerprint density at radius 3 is 2.50 bits per heavy atom. The normalized spacial score (nSPS) is 17.1. The van der Waals surface area contributed by atoms with E-state index in [4.69, 9.17) is 23.6 Å². The third-order valence-corrected chi connectivity index (χ3v) is 8.07. The van der Waals surface area contributed by atoms with Gasteiger partial charge in [-0.1, -0.05) is 53.8 Å². The van der Waals surface area contributed by atoms with Crippen LogP contribution in [-0.4, -0.2) is 50.1 Å². The molecule has 42 heavy (non-hydrogen) atoms. The highest BCUT2D eigenvalue weighted by Gasteiger charge is 2.35. The fraction of sp³-hybridized carbons (Fsp3) is 0.281. The first kappa shape index (κ1) is 27.7. The number of nitrogens with zero attached hydrogens (tertiary/aromatic N) is 3. The predicted molar refractivity (Wildman–Crippen MR) is 160 cm³/mol. The Hall–Kier alpha value is -4.41. The van der Waals surface area contributed by atoms with Crippen molar-refractivity contribution in [3.63, 3.8) is 0 Å². The number of aromatic nitrogens is 1. The molecule has 0 spiro atoms. The van der Waals surface area contributed by atoms with Gasteiger partial charge in [-0.2, -0.15) is 0 Å². The minimum Gasteiger partial charge on any atom is -0.494 e. The molecule has 0 N–H and O–H groups in total. The standard InChI is InChI=1S/C32H31N3O6S/c1-3-39-23-12-10-22(11-13-23)29-27(31(37)40-4-2)28(21-8-6-5-7-9-21)33-32-35(29)30(36)25(42-32)20-24-14-15-26(41-24)34-16-18-38-19-17-34/h5-15,20,29H,3-4,16-19H2,1-2H3/b25-20-. The quantitative estimate of drug-likeness (QED) is 0.291. The summed E-state index contributed by atoms with van der Waals surface area (Å²) in [5, 5.41) is 0. The molecule has 2 aliphatic heterocycles. The van der Waals surface area contributed by atoms with Gasteiger partial charge in [0.15, 0.2) is 10.7 Å². The van der Waals surface area contributed by atoms with Crippen LogP contribution < -0.4 is 24.5 Å². The molecule has 2 aromatic heterocycles. The van der Waals surface area contributed by atoms with E-state index < -0.39 is 12.0 Å². The Morgan fingerprint density at radius 1 is 1.02 bits per heavy atom. The van der Waals surface area contributed by atoms with Crippen LogP contribution in [0.1, 0.15) is 36.8 Å². The van der Waals surface area contributed by atoms with Gasteiger partial charge in [-0.25, -0.2) is 9.79 Å². The van der Waals surface area contributed by atoms with Crippen LogP contribution in [0.25, 0.3) is 11.8 Å². The molecular formula is C32H31N3O6S. The molecule has 0 bridgehead atoms. The van der Waals surface area contributed by atoms with E-state index in [1.165, 1.54) is 11.3 Å². The molecule has 1 fully saturated rings. The smallest absolute Gasteiger partial charge is 0.338 e. The minimum absolute atomic E-state index is 0.189. The van der Waals surface area contributed by atoms with Crippen molar-refractivity contribution in [2.75, 3.05) is 44.4 Å². The first-order chi connectivity index (χ1) is 20.6. The molecule has 0 aliphatic carbocycles. The van der Waals surface area contributed by atoms with Crippen LogP contribution >= 0.6 is 11.3 Å². The van der Waals surface area contributed by atoms with Gasteiger partial charge in [0.25, 0.3) is 5.56 Å². The number of carbonyl (C=O) groups is 1. The number of hydrogen-bond donors (Lipinski definition) is 0. The second-order valence-corrected chi connectivity index (χ2v) is 10.7. The summed E-state index contributed by atoms with van der Waals surface area (Å²) in [6.07, 6.45) is 1.74. The molecule has 0 saturated carbocycles. The van der Waals surface area contributed by atoms with Crippen LogP contribution in [0, 0.1) is 0 Å². The molecule has 1 unspecified atom stereocenters. The number of hydrogen-bond acceptors (Lipinski definition) is 9. The summed E-state index contributed by atoms with van der Waals surface area (Å²) in [5.74, 6) is 1.48. The van der Waals surface area contributed by atoms with E-state index in [9.17, 15) is 9.59 Å². The van der Waals surface area contributed by atoms with Gasteiger partial charge in [0.05, 0.1) is 48.3 Å². The van der Waals surface area contributed by atoms with Crippen LogP contribution in [0.4, 0.5) is 5.88 Å². The van der Waals surface area contributed by atoms with Crippen LogP contribution in [0.15, 0.2) is 86.5 Å². The number of benzene rings is 2. The monoisotopic (exact) mass is 585 g/mol. The van der Waals surface area contributed by atoms with Crippen LogP contribution in [0.2, 0.25) is 0 Å². The summed E-state index contributed by atoms with van der Waals surface area (Å²) in [4.78, 5) is 35.1. The lowest BCUT2D eigenvalue weighted by Crippen LogP contribution is -2.40. The number of ether oxygens (including phenoxy) is 3. The van der Waals surface area contributed by atoms with E-state index in [0.29, 0.717) is 51.9 Å². The van der Waals surface area contributed by atoms with Crippen molar-refractivity contribution in [1.29, 1.82) is 0 Å². The summed E-state index contributed by atoms with van der Waals surface area (Å²) < 4.78 is 24.7. The molecule has 1 saturated heterocycles. The van der Waals surface area contributed by atoms with E-state index >= 15 is 0 Å². The topological polar surface area (TPSA) is 95.5 Å². The number of thiazole rings is 1. The number of esters is 1. The maximum Gasteiger partial charge on any atom is 0.338 e. The largest absolute Gasteiger partial charge is 0.494 e. The Bertz CT molecular complexity index is 1780. The number of furan rings is 1. The van der Waals surface area contributed by atoms with Gasteiger partial charge in [0, 0.05) is 30.8 Å². The molecule has 10 heteroatoms. The maximum absolute atomic E-state index is 14.1. The summed E-state index contributed by atoms with van der Waals surface area (Å²) in [5.41, 5.74) is 2.02. The molecule has 4 aromatic rings. The summed E-state index contributed by atoms with van der Waals surface area (Å²) in [7, 11) is 0. The van der Waals surface area contributed by atoms with E-state index in [1.54, 1.807) is 17.6 Å². The zero-order chi connectivity index (χ0) is 29.1. The van der Waals surface area contributed by atoms with Gasteiger partial charge in [-0.3, -0.25) is 9.36 Å². The van der Waals surface area contributed by atoms with Crippen LogP contribution in [0.5, 0.6) is 5.75 Å². The number of rotatable bonds is 8. The average molecular weight is 586 g/mol. The van der Waals surface area contributed by atoms with E-state index in [2.05, 4.69) is 4.90 Å². The van der Waals surface area contributed by atoms with Crippen LogP contribution in [-0.2, 0) is 14.3 Å². The zero-order valence-electron chi connectivity index (χ0n) is 23.4. The average Bonchev–Trinajstić information content (AvgIpc) is 3.62. The zero-order valence-corrected chi connectivity index (χ0v) is 24.3. The van der Waals surface area contributed by atoms with Gasteiger partial charge in [-0.15, -0.1) is 0 Å². The Balaban J connectivity index is 1.53. The fourth-order valence-electron chi connectivity index (χ4n) is 5.17. The number of fused-ring (bicyclic) bond motifs is 1. The van der Waals surface area contributed by atoms with Crippen molar-refractivity contribution in [2.45, 2.75) is 19.9 Å². The van der Waals surface area contributed by atoms with Gasteiger partial charge >= 0.3 is 5.97 Å². The number of morpholine rings is 1. The third kappa shape index (κ3) is 5.43. The van der Waals surface area contributed by atoms with Crippen LogP contribution in [0.3, 0.4) is 0 Å². The molecular weight excluding hydrogens is 554 g/mol. The fourth-order valence-corrected chi connectivity index (χ4v) is 6.15. The maximum atomic E-state index is 14.1. The summed E-state index contributed by atoms with van der Waals surface area (Å²) in [6.45, 7) is 7.18. The predicted octanol–water partition coefficient (Wildman–Crippen LogP) is 3.76. The SMILES string of the molecule is CCOC(=O)C1=C(c2ccccc2)N=c2s/c(=C\c3ccc(N4CCOCC4)o3)c(=O)n2C1c1ccc(OCC)cc1. The third-order valence-electron chi connectivity index (χ3n) is 7.09. The van der Waals surface area contributed by atoms with Crippen molar-refractivity contribution < 1.29 is 23.4 Å². The molecule has 0 radical (unpaired) electrons. The highest BCUT2D eigenvalue weighted by Crippen LogP contribution is 2.35. The Kier molecular flexibility index (Phi) is 8.07. The lowest BCUT2D eigenvalue weighted by atomic mass is 9.93. The molecule has 0 amide bonds. The molecule has 6 rings (SSSR count). The van der Waals surface area contributed by atoms with Gasteiger partial charge in [-0.05, 0) is 37.6 Å². The van der Waals surface area contributed by atoms with Crippen molar-refractivity contribution in [3.8, 4) is 5.75 Å². The second-order valence-electron chi connectivity index (χ2n) is 9.71. The van der Waals surface area contributed by atoms with Crippen molar-refractivity contribution in [2.24, 2.45) is 4.99 Å².